The molecule has 1 unspecified atom stereocenters. The van der Waals surface area contributed by atoms with Gasteiger partial charge in [0, 0.05) is 13.0 Å². The highest BCUT2D eigenvalue weighted by atomic mass is 16.7. The molecule has 0 aromatic carbocycles. The fraction of sp³-hybridized carbons (Fsp3) is 0.615. The van der Waals surface area contributed by atoms with Crippen LogP contribution in [0.3, 0.4) is 0 Å². The van der Waals surface area contributed by atoms with Gasteiger partial charge in [0.25, 0.3) is 0 Å². The number of anilines is 1. The van der Waals surface area contributed by atoms with Crippen molar-refractivity contribution in [3.63, 3.8) is 0 Å². The molecule has 3 heterocycles. The number of aromatic nitrogens is 4. The molecule has 7 heteroatoms. The van der Waals surface area contributed by atoms with E-state index in [9.17, 15) is 0 Å². The van der Waals surface area contributed by atoms with Gasteiger partial charge in [-0.15, -0.1) is 0 Å². The maximum absolute atomic E-state index is 5.63. The smallest absolute Gasteiger partial charge is 0.166 e. The fourth-order valence-corrected chi connectivity index (χ4v) is 2.56. The van der Waals surface area contributed by atoms with E-state index in [4.69, 9.17) is 9.47 Å². The second-order valence-corrected chi connectivity index (χ2v) is 5.38. The molecule has 0 saturated carbocycles. The third-order valence-electron chi connectivity index (χ3n) is 3.48. The average Bonchev–Trinajstić information content (AvgIpc) is 3.05. The zero-order valence-corrected chi connectivity index (χ0v) is 11.7. The van der Waals surface area contributed by atoms with Crippen LogP contribution >= 0.6 is 0 Å². The summed E-state index contributed by atoms with van der Waals surface area (Å²) in [6, 6.07) is 0. The lowest BCUT2D eigenvalue weighted by molar-refractivity contribution is -0.153. The van der Waals surface area contributed by atoms with Gasteiger partial charge in [0.15, 0.2) is 11.4 Å². The maximum atomic E-state index is 5.63. The number of nitrogens with one attached hydrogen (secondary N) is 2. The Labute approximate surface area is 117 Å². The van der Waals surface area contributed by atoms with E-state index < -0.39 is 5.79 Å². The number of aromatic amines is 1. The van der Waals surface area contributed by atoms with E-state index in [1.807, 2.05) is 6.92 Å². The normalized spacial score (nSPS) is 19.3. The van der Waals surface area contributed by atoms with Gasteiger partial charge in [0.2, 0.25) is 0 Å². The summed E-state index contributed by atoms with van der Waals surface area (Å²) in [4.78, 5) is 8.37. The van der Waals surface area contributed by atoms with Crippen LogP contribution in [0.25, 0.3) is 11.0 Å². The molecule has 108 valence electrons. The van der Waals surface area contributed by atoms with Crippen LogP contribution in [-0.2, 0) is 9.47 Å². The number of nitrogens with zero attached hydrogens (tertiary/aromatic N) is 3. The molecule has 1 fully saturated rings. The predicted molar refractivity (Wildman–Crippen MR) is 74.3 cm³/mol. The van der Waals surface area contributed by atoms with Crippen molar-refractivity contribution in [3.05, 3.63) is 12.5 Å². The average molecular weight is 277 g/mol. The molecule has 1 aliphatic rings. The lowest BCUT2D eigenvalue weighted by Gasteiger charge is -2.26. The molecule has 0 bridgehead atoms. The van der Waals surface area contributed by atoms with Crippen LogP contribution in [-0.4, -0.2) is 45.7 Å². The summed E-state index contributed by atoms with van der Waals surface area (Å²) in [7, 11) is 0. The Bertz CT molecular complexity index is 579. The maximum Gasteiger partial charge on any atom is 0.166 e. The molecule has 2 aromatic heterocycles. The Morgan fingerprint density at radius 1 is 1.40 bits per heavy atom. The number of hydrogen-bond donors (Lipinski definition) is 2. The standard InChI is InChI=1S/C13H19N5O2/c1-9(5-13(2)19-3-4-20-13)6-14-11-10-7-17-18-12(10)16-8-15-11/h7-9H,3-6H2,1-2H3,(H2,14,15,16,17,18). The van der Waals surface area contributed by atoms with Gasteiger partial charge >= 0.3 is 0 Å². The van der Waals surface area contributed by atoms with Crippen molar-refractivity contribution >= 4 is 16.9 Å². The van der Waals surface area contributed by atoms with E-state index in [1.54, 1.807) is 6.20 Å². The van der Waals surface area contributed by atoms with Crippen molar-refractivity contribution in [2.45, 2.75) is 26.1 Å². The second-order valence-electron chi connectivity index (χ2n) is 5.38. The summed E-state index contributed by atoms with van der Waals surface area (Å²) in [6.07, 6.45) is 4.10. The Morgan fingerprint density at radius 3 is 3.00 bits per heavy atom. The molecule has 1 atom stereocenters. The number of H-pyrrole nitrogens is 1. The largest absolute Gasteiger partial charge is 0.369 e. The third kappa shape index (κ3) is 2.73. The zero-order chi connectivity index (χ0) is 14.0. The van der Waals surface area contributed by atoms with Crippen LogP contribution in [0.1, 0.15) is 20.3 Å². The van der Waals surface area contributed by atoms with Gasteiger partial charge in [-0.1, -0.05) is 6.92 Å². The molecule has 0 spiro atoms. The van der Waals surface area contributed by atoms with Crippen molar-refractivity contribution in [2.75, 3.05) is 25.1 Å². The van der Waals surface area contributed by atoms with Crippen molar-refractivity contribution in [2.24, 2.45) is 5.92 Å². The van der Waals surface area contributed by atoms with Gasteiger partial charge in [-0.3, -0.25) is 5.10 Å². The van der Waals surface area contributed by atoms with E-state index in [2.05, 4.69) is 32.4 Å². The molecule has 1 aliphatic heterocycles. The first kappa shape index (κ1) is 13.3. The summed E-state index contributed by atoms with van der Waals surface area (Å²) in [6.45, 7) is 6.31. The SMILES string of the molecule is CC(CNc1ncnc2[nH]ncc12)CC1(C)OCCO1. The van der Waals surface area contributed by atoms with Crippen LogP contribution < -0.4 is 5.32 Å². The van der Waals surface area contributed by atoms with Gasteiger partial charge in [-0.25, -0.2) is 9.97 Å². The molecule has 0 radical (unpaired) electrons. The summed E-state index contributed by atoms with van der Waals surface area (Å²) >= 11 is 0. The molecule has 2 aromatic rings. The minimum absolute atomic E-state index is 0.398. The van der Waals surface area contributed by atoms with Crippen LogP contribution in [0.15, 0.2) is 12.5 Å². The quantitative estimate of drug-likeness (QED) is 0.862. The second kappa shape index (κ2) is 5.34. The van der Waals surface area contributed by atoms with Crippen molar-refractivity contribution in [3.8, 4) is 0 Å². The van der Waals surface area contributed by atoms with Crippen LogP contribution in [0, 0.1) is 5.92 Å². The van der Waals surface area contributed by atoms with E-state index in [0.717, 1.165) is 29.8 Å². The van der Waals surface area contributed by atoms with Crippen LogP contribution in [0.2, 0.25) is 0 Å². The lowest BCUT2D eigenvalue weighted by Crippen LogP contribution is -2.30. The number of ether oxygens (including phenoxy) is 2. The first-order valence-corrected chi connectivity index (χ1v) is 6.82. The third-order valence-corrected chi connectivity index (χ3v) is 3.48. The Morgan fingerprint density at radius 2 is 2.20 bits per heavy atom. The van der Waals surface area contributed by atoms with Gasteiger partial charge < -0.3 is 14.8 Å². The Hall–Kier alpha value is -1.73. The topological polar surface area (TPSA) is 85.0 Å². The first-order chi connectivity index (χ1) is 9.66. The molecule has 20 heavy (non-hydrogen) atoms. The Kier molecular flexibility index (Phi) is 3.54. The molecule has 7 nitrogen and oxygen atoms in total. The minimum Gasteiger partial charge on any atom is -0.369 e. The van der Waals surface area contributed by atoms with Crippen molar-refractivity contribution in [1.29, 1.82) is 0 Å². The molecule has 1 saturated heterocycles. The molecular weight excluding hydrogens is 258 g/mol. The monoisotopic (exact) mass is 277 g/mol. The summed E-state index contributed by atoms with van der Waals surface area (Å²) < 4.78 is 11.3. The van der Waals surface area contributed by atoms with E-state index in [-0.39, 0.29) is 0 Å². The van der Waals surface area contributed by atoms with E-state index in [0.29, 0.717) is 19.1 Å². The fourth-order valence-electron chi connectivity index (χ4n) is 2.56. The van der Waals surface area contributed by atoms with E-state index in [1.165, 1.54) is 6.33 Å². The lowest BCUT2D eigenvalue weighted by atomic mass is 10.0. The minimum atomic E-state index is -0.447. The zero-order valence-electron chi connectivity index (χ0n) is 11.7. The van der Waals surface area contributed by atoms with Gasteiger partial charge in [0.05, 0.1) is 24.8 Å². The highest BCUT2D eigenvalue weighted by molar-refractivity contribution is 5.85. The predicted octanol–water partition coefficient (Wildman–Crippen LogP) is 1.55. The van der Waals surface area contributed by atoms with Crippen LogP contribution in [0.4, 0.5) is 5.82 Å². The molecule has 2 N–H and O–H groups in total. The van der Waals surface area contributed by atoms with Crippen molar-refractivity contribution < 1.29 is 9.47 Å². The number of rotatable bonds is 5. The molecule has 0 amide bonds. The van der Waals surface area contributed by atoms with Crippen molar-refractivity contribution in [1.82, 2.24) is 20.2 Å². The molecular formula is C13H19N5O2. The summed E-state index contributed by atoms with van der Waals surface area (Å²) in [5.41, 5.74) is 0.740. The molecule has 0 aliphatic carbocycles. The van der Waals surface area contributed by atoms with Crippen LogP contribution in [0.5, 0.6) is 0 Å². The number of fused-ring (bicyclic) bond motifs is 1. The van der Waals surface area contributed by atoms with E-state index >= 15 is 0 Å². The highest BCUT2D eigenvalue weighted by Crippen LogP contribution is 2.27. The summed E-state index contributed by atoms with van der Waals surface area (Å²) in [5, 5.41) is 11.1. The van der Waals surface area contributed by atoms with Gasteiger partial charge in [-0.2, -0.15) is 5.10 Å². The number of hydrogen-bond acceptors (Lipinski definition) is 6. The van der Waals surface area contributed by atoms with Gasteiger partial charge in [0.1, 0.15) is 12.1 Å². The molecule has 3 rings (SSSR count). The highest BCUT2D eigenvalue weighted by Gasteiger charge is 2.32. The Balaban J connectivity index is 1.60. The van der Waals surface area contributed by atoms with Gasteiger partial charge in [-0.05, 0) is 12.8 Å². The first-order valence-electron chi connectivity index (χ1n) is 6.82. The summed E-state index contributed by atoms with van der Waals surface area (Å²) in [5.74, 6) is 0.751.